The summed E-state index contributed by atoms with van der Waals surface area (Å²) < 4.78 is 24.6. The maximum absolute atomic E-state index is 11.0. The lowest BCUT2D eigenvalue weighted by molar-refractivity contribution is 0.587. The van der Waals surface area contributed by atoms with Gasteiger partial charge in [-0.25, -0.2) is 13.1 Å². The predicted octanol–water partition coefficient (Wildman–Crippen LogP) is 1.86. The normalized spacial score (nSPS) is 11.7. The first kappa shape index (κ1) is 13.2. The Bertz CT molecular complexity index is 452. The SMILES string of the molecule is CCc1ccc(CC)c(CNS(C)(=O)=O)c1. The fourth-order valence-corrected chi connectivity index (χ4v) is 2.04. The molecule has 0 fully saturated rings. The summed E-state index contributed by atoms with van der Waals surface area (Å²) in [5, 5.41) is 0. The molecule has 0 spiro atoms. The first-order valence-corrected chi connectivity index (χ1v) is 7.40. The van der Waals surface area contributed by atoms with Gasteiger partial charge in [0.2, 0.25) is 10.0 Å². The zero-order chi connectivity index (χ0) is 12.2. The van der Waals surface area contributed by atoms with Crippen LogP contribution in [0.2, 0.25) is 0 Å². The molecule has 3 nitrogen and oxygen atoms in total. The van der Waals surface area contributed by atoms with Gasteiger partial charge in [-0.15, -0.1) is 0 Å². The molecule has 1 aromatic carbocycles. The molecule has 0 heterocycles. The van der Waals surface area contributed by atoms with Gasteiger partial charge < -0.3 is 0 Å². The van der Waals surface area contributed by atoms with Crippen LogP contribution in [0.25, 0.3) is 0 Å². The molecule has 90 valence electrons. The van der Waals surface area contributed by atoms with E-state index in [9.17, 15) is 8.42 Å². The lowest BCUT2D eigenvalue weighted by Gasteiger charge is -2.10. The average Bonchev–Trinajstić information content (AvgIpc) is 2.25. The Morgan fingerprint density at radius 3 is 2.31 bits per heavy atom. The van der Waals surface area contributed by atoms with Crippen molar-refractivity contribution in [3.63, 3.8) is 0 Å². The highest BCUT2D eigenvalue weighted by molar-refractivity contribution is 7.88. The molecule has 0 aliphatic rings. The second kappa shape index (κ2) is 5.46. The fourth-order valence-electron chi connectivity index (χ4n) is 1.62. The molecule has 0 bridgehead atoms. The third-order valence-corrected chi connectivity index (χ3v) is 3.25. The topological polar surface area (TPSA) is 46.2 Å². The molecule has 0 radical (unpaired) electrons. The molecule has 0 aromatic heterocycles. The van der Waals surface area contributed by atoms with Gasteiger partial charge >= 0.3 is 0 Å². The highest BCUT2D eigenvalue weighted by atomic mass is 32.2. The van der Waals surface area contributed by atoms with Gasteiger partial charge in [-0.2, -0.15) is 0 Å². The number of nitrogens with one attached hydrogen (secondary N) is 1. The van der Waals surface area contributed by atoms with E-state index in [1.54, 1.807) is 0 Å². The van der Waals surface area contributed by atoms with Crippen molar-refractivity contribution in [2.24, 2.45) is 0 Å². The van der Waals surface area contributed by atoms with Crippen LogP contribution >= 0.6 is 0 Å². The fraction of sp³-hybridized carbons (Fsp3) is 0.500. The minimum absolute atomic E-state index is 0.385. The maximum Gasteiger partial charge on any atom is 0.209 e. The van der Waals surface area contributed by atoms with E-state index in [2.05, 4.69) is 36.8 Å². The van der Waals surface area contributed by atoms with E-state index in [0.717, 1.165) is 18.4 Å². The molecule has 0 atom stereocenters. The Labute approximate surface area is 97.9 Å². The predicted molar refractivity (Wildman–Crippen MR) is 66.9 cm³/mol. The monoisotopic (exact) mass is 241 g/mol. The van der Waals surface area contributed by atoms with Crippen LogP contribution in [0.4, 0.5) is 0 Å². The summed E-state index contributed by atoms with van der Waals surface area (Å²) in [7, 11) is -3.12. The molecular weight excluding hydrogens is 222 g/mol. The summed E-state index contributed by atoms with van der Waals surface area (Å²) in [6.07, 6.45) is 3.07. The molecule has 0 unspecified atom stereocenters. The molecule has 0 aliphatic heterocycles. The zero-order valence-corrected chi connectivity index (χ0v) is 10.9. The quantitative estimate of drug-likeness (QED) is 0.855. The summed E-state index contributed by atoms with van der Waals surface area (Å²) in [4.78, 5) is 0. The van der Waals surface area contributed by atoms with Gasteiger partial charge in [-0.1, -0.05) is 32.0 Å². The van der Waals surface area contributed by atoms with Crippen molar-refractivity contribution >= 4 is 10.0 Å². The van der Waals surface area contributed by atoms with E-state index >= 15 is 0 Å². The first-order chi connectivity index (χ1) is 7.46. The molecule has 16 heavy (non-hydrogen) atoms. The largest absolute Gasteiger partial charge is 0.213 e. The summed E-state index contributed by atoms with van der Waals surface area (Å²) in [5.41, 5.74) is 3.52. The molecule has 0 saturated heterocycles. The molecule has 1 aromatic rings. The second-order valence-corrected chi connectivity index (χ2v) is 5.74. The van der Waals surface area contributed by atoms with Crippen molar-refractivity contribution in [1.29, 1.82) is 0 Å². The van der Waals surface area contributed by atoms with Crippen LogP contribution in [0.3, 0.4) is 0 Å². The van der Waals surface area contributed by atoms with E-state index in [-0.39, 0.29) is 0 Å². The van der Waals surface area contributed by atoms with E-state index in [4.69, 9.17) is 0 Å². The number of aryl methyl sites for hydroxylation is 2. The van der Waals surface area contributed by atoms with E-state index < -0.39 is 10.0 Å². The lowest BCUT2D eigenvalue weighted by atomic mass is 10.0. The third-order valence-electron chi connectivity index (χ3n) is 2.58. The highest BCUT2D eigenvalue weighted by Crippen LogP contribution is 2.13. The molecule has 0 aliphatic carbocycles. The summed E-state index contributed by atoms with van der Waals surface area (Å²) in [6, 6.07) is 6.26. The van der Waals surface area contributed by atoms with Crippen molar-refractivity contribution in [2.45, 2.75) is 33.2 Å². The van der Waals surface area contributed by atoms with Crippen LogP contribution in [-0.4, -0.2) is 14.7 Å². The zero-order valence-electron chi connectivity index (χ0n) is 10.1. The third kappa shape index (κ3) is 3.94. The van der Waals surface area contributed by atoms with Gasteiger partial charge in [0.25, 0.3) is 0 Å². The van der Waals surface area contributed by atoms with Gasteiger partial charge in [-0.05, 0) is 29.5 Å². The van der Waals surface area contributed by atoms with Crippen LogP contribution in [-0.2, 0) is 29.4 Å². The molecule has 0 amide bonds. The molecule has 1 rings (SSSR count). The Morgan fingerprint density at radius 1 is 1.12 bits per heavy atom. The number of sulfonamides is 1. The lowest BCUT2D eigenvalue weighted by Crippen LogP contribution is -2.22. The van der Waals surface area contributed by atoms with Crippen molar-refractivity contribution in [3.8, 4) is 0 Å². The van der Waals surface area contributed by atoms with Gasteiger partial charge in [0.05, 0.1) is 6.26 Å². The minimum Gasteiger partial charge on any atom is -0.213 e. The highest BCUT2D eigenvalue weighted by Gasteiger charge is 2.05. The van der Waals surface area contributed by atoms with Crippen LogP contribution in [0.5, 0.6) is 0 Å². The number of rotatable bonds is 5. The van der Waals surface area contributed by atoms with Crippen LogP contribution in [0.1, 0.15) is 30.5 Å². The average molecular weight is 241 g/mol. The van der Waals surface area contributed by atoms with Crippen LogP contribution in [0, 0.1) is 0 Å². The van der Waals surface area contributed by atoms with Crippen molar-refractivity contribution < 1.29 is 8.42 Å². The first-order valence-electron chi connectivity index (χ1n) is 5.51. The smallest absolute Gasteiger partial charge is 0.209 e. The van der Waals surface area contributed by atoms with E-state index in [1.165, 1.54) is 17.4 Å². The molecule has 4 heteroatoms. The number of hydrogen-bond acceptors (Lipinski definition) is 2. The molecule has 0 saturated carbocycles. The minimum atomic E-state index is -3.12. The maximum atomic E-state index is 11.0. The summed E-state index contributed by atoms with van der Waals surface area (Å²) >= 11 is 0. The Kier molecular flexibility index (Phi) is 4.50. The standard InChI is InChI=1S/C12H19NO2S/c1-4-10-6-7-11(5-2)12(8-10)9-13-16(3,14)15/h6-8,13H,4-5,9H2,1-3H3. The Hall–Kier alpha value is -0.870. The molecule has 1 N–H and O–H groups in total. The Morgan fingerprint density at radius 2 is 1.81 bits per heavy atom. The van der Waals surface area contributed by atoms with E-state index in [0.29, 0.717) is 6.54 Å². The Balaban J connectivity index is 2.91. The number of hydrogen-bond donors (Lipinski definition) is 1. The van der Waals surface area contributed by atoms with Crippen LogP contribution < -0.4 is 4.72 Å². The van der Waals surface area contributed by atoms with Crippen molar-refractivity contribution in [2.75, 3.05) is 6.26 Å². The van der Waals surface area contributed by atoms with Gasteiger partial charge in [0.15, 0.2) is 0 Å². The molecular formula is C12H19NO2S. The van der Waals surface area contributed by atoms with Crippen molar-refractivity contribution in [3.05, 3.63) is 34.9 Å². The van der Waals surface area contributed by atoms with Gasteiger partial charge in [-0.3, -0.25) is 0 Å². The summed E-state index contributed by atoms with van der Waals surface area (Å²) in [5.74, 6) is 0. The summed E-state index contributed by atoms with van der Waals surface area (Å²) in [6.45, 7) is 4.55. The number of benzene rings is 1. The van der Waals surface area contributed by atoms with Gasteiger partial charge in [0.1, 0.15) is 0 Å². The van der Waals surface area contributed by atoms with Crippen molar-refractivity contribution in [1.82, 2.24) is 4.72 Å². The van der Waals surface area contributed by atoms with E-state index in [1.807, 2.05) is 0 Å². The second-order valence-electron chi connectivity index (χ2n) is 3.90. The van der Waals surface area contributed by atoms with Crippen LogP contribution in [0.15, 0.2) is 18.2 Å². The van der Waals surface area contributed by atoms with Gasteiger partial charge in [0, 0.05) is 6.54 Å².